The molecule has 1 amide bonds. The number of halogens is 1. The van der Waals surface area contributed by atoms with Gasteiger partial charge in [-0.05, 0) is 42.6 Å². The summed E-state index contributed by atoms with van der Waals surface area (Å²) >= 11 is 2.93. The van der Waals surface area contributed by atoms with Gasteiger partial charge >= 0.3 is 0 Å². The average molecular weight is 421 g/mol. The maximum atomic E-state index is 13.4. The largest absolute Gasteiger partial charge is 0.350 e. The highest BCUT2D eigenvalue weighted by atomic mass is 32.2. The minimum absolute atomic E-state index is 0.0695. The van der Waals surface area contributed by atoms with Crippen molar-refractivity contribution in [2.45, 2.75) is 24.7 Å². The Balaban J connectivity index is 1.76. The first-order valence-corrected chi connectivity index (χ1v) is 10.8. The molecule has 0 fully saturated rings. The van der Waals surface area contributed by atoms with Crippen LogP contribution in [0.5, 0.6) is 0 Å². The van der Waals surface area contributed by atoms with E-state index in [0.29, 0.717) is 11.7 Å². The number of hydrogen-bond acceptors (Lipinski definition) is 5. The van der Waals surface area contributed by atoms with Gasteiger partial charge in [0.15, 0.2) is 11.0 Å². The van der Waals surface area contributed by atoms with E-state index in [1.54, 1.807) is 23.5 Å². The number of thioether (sulfide) groups is 1. The number of quaternary nitrogens is 1. The number of carbonyl (C=O) groups excluding carboxylic acids is 1. The van der Waals surface area contributed by atoms with E-state index in [2.05, 4.69) is 22.4 Å². The number of hydrogen-bond donors (Lipinski definition) is 2. The average Bonchev–Trinajstić information content (AvgIpc) is 3.34. The van der Waals surface area contributed by atoms with Gasteiger partial charge in [-0.1, -0.05) is 17.8 Å². The number of rotatable bonds is 8. The fourth-order valence-electron chi connectivity index (χ4n) is 2.53. The molecule has 1 aromatic carbocycles. The second-order valence-electron chi connectivity index (χ2n) is 6.60. The van der Waals surface area contributed by atoms with Gasteiger partial charge in [0.1, 0.15) is 11.9 Å². The van der Waals surface area contributed by atoms with E-state index in [1.807, 2.05) is 36.2 Å². The van der Waals surface area contributed by atoms with Crippen LogP contribution in [0.15, 0.2) is 46.9 Å². The van der Waals surface area contributed by atoms with Crippen molar-refractivity contribution in [3.63, 3.8) is 0 Å². The van der Waals surface area contributed by atoms with E-state index in [1.165, 1.54) is 28.8 Å². The maximum Gasteiger partial charge on any atom is 0.230 e. The van der Waals surface area contributed by atoms with E-state index in [9.17, 15) is 9.18 Å². The summed E-state index contributed by atoms with van der Waals surface area (Å²) in [4.78, 5) is 14.5. The lowest BCUT2D eigenvalue weighted by atomic mass is 10.2. The zero-order valence-electron chi connectivity index (χ0n) is 16.0. The van der Waals surface area contributed by atoms with Crippen LogP contribution in [0, 0.1) is 5.82 Å². The summed E-state index contributed by atoms with van der Waals surface area (Å²) in [6.45, 7) is 2.58. The molecule has 0 unspecified atom stereocenters. The maximum absolute atomic E-state index is 13.4. The molecule has 0 bridgehead atoms. The van der Waals surface area contributed by atoms with Gasteiger partial charge in [-0.3, -0.25) is 9.36 Å². The Labute approximate surface area is 171 Å². The second-order valence-corrected chi connectivity index (χ2v) is 8.57. The second kappa shape index (κ2) is 9.31. The van der Waals surface area contributed by atoms with Crippen LogP contribution in [0.3, 0.4) is 0 Å². The standard InChI is InChI=1S/C19H22FN5OS2/c1-13(24(2)3)18-22-23-19(25(18)15-8-6-14(20)7-9-15)28-12-17(26)21-11-16-5-4-10-27-16/h4-10,13H,11-12H2,1-3H3,(H,21,26)/p+1/t13-/m0/s1. The summed E-state index contributed by atoms with van der Waals surface area (Å²) in [6.07, 6.45) is 0. The van der Waals surface area contributed by atoms with Crippen LogP contribution in [0.25, 0.3) is 5.69 Å². The Hall–Kier alpha value is -2.23. The van der Waals surface area contributed by atoms with Crippen LogP contribution in [0.2, 0.25) is 0 Å². The highest BCUT2D eigenvalue weighted by Crippen LogP contribution is 2.24. The predicted octanol–water partition coefficient (Wildman–Crippen LogP) is 2.08. The van der Waals surface area contributed by atoms with E-state index < -0.39 is 0 Å². The van der Waals surface area contributed by atoms with Crippen LogP contribution in [-0.4, -0.2) is 40.5 Å². The van der Waals surface area contributed by atoms with Crippen molar-refractivity contribution < 1.29 is 14.1 Å². The molecule has 0 aliphatic heterocycles. The highest BCUT2D eigenvalue weighted by Gasteiger charge is 2.23. The number of benzene rings is 1. The van der Waals surface area contributed by atoms with Crippen molar-refractivity contribution in [3.8, 4) is 5.69 Å². The van der Waals surface area contributed by atoms with E-state index >= 15 is 0 Å². The number of thiophene rings is 1. The van der Waals surface area contributed by atoms with Gasteiger partial charge < -0.3 is 10.2 Å². The molecule has 148 valence electrons. The van der Waals surface area contributed by atoms with Gasteiger partial charge in [0.05, 0.1) is 26.4 Å². The normalized spacial score (nSPS) is 12.3. The zero-order chi connectivity index (χ0) is 20.1. The molecule has 2 aromatic heterocycles. The van der Waals surface area contributed by atoms with Crippen LogP contribution in [0.1, 0.15) is 23.7 Å². The van der Waals surface area contributed by atoms with Gasteiger partial charge in [-0.2, -0.15) is 0 Å². The lowest BCUT2D eigenvalue weighted by molar-refractivity contribution is -0.890. The lowest BCUT2D eigenvalue weighted by Gasteiger charge is -2.18. The molecule has 0 spiro atoms. The minimum Gasteiger partial charge on any atom is -0.350 e. The third kappa shape index (κ3) is 4.98. The first-order valence-electron chi connectivity index (χ1n) is 8.89. The number of nitrogens with zero attached hydrogens (tertiary/aromatic N) is 3. The summed E-state index contributed by atoms with van der Waals surface area (Å²) < 4.78 is 15.3. The van der Waals surface area contributed by atoms with Crippen LogP contribution in [-0.2, 0) is 11.3 Å². The molecule has 2 N–H and O–H groups in total. The predicted molar refractivity (Wildman–Crippen MR) is 109 cm³/mol. The molecule has 28 heavy (non-hydrogen) atoms. The Morgan fingerprint density at radius 3 is 2.68 bits per heavy atom. The summed E-state index contributed by atoms with van der Waals surface area (Å²) in [5.74, 6) is 0.633. The summed E-state index contributed by atoms with van der Waals surface area (Å²) in [5.41, 5.74) is 0.774. The fraction of sp³-hybridized carbons (Fsp3) is 0.316. The van der Waals surface area contributed by atoms with Crippen molar-refractivity contribution in [1.29, 1.82) is 0 Å². The Morgan fingerprint density at radius 1 is 1.29 bits per heavy atom. The molecular formula is C19H23FN5OS2+. The van der Waals surface area contributed by atoms with E-state index in [4.69, 9.17) is 0 Å². The third-order valence-corrected chi connectivity index (χ3v) is 6.17. The molecule has 0 saturated carbocycles. The first kappa shape index (κ1) is 20.5. The van der Waals surface area contributed by atoms with Crippen molar-refractivity contribution in [1.82, 2.24) is 20.1 Å². The van der Waals surface area contributed by atoms with Gasteiger partial charge in [0.25, 0.3) is 0 Å². The molecule has 0 saturated heterocycles. The molecule has 3 rings (SSSR count). The SMILES string of the molecule is C[C@@H](c1nnc(SCC(=O)NCc2cccs2)n1-c1ccc(F)cc1)[NH+](C)C. The van der Waals surface area contributed by atoms with Crippen LogP contribution >= 0.6 is 23.1 Å². The quantitative estimate of drug-likeness (QED) is 0.548. The molecule has 0 aliphatic rings. The van der Waals surface area contributed by atoms with Gasteiger partial charge in [-0.25, -0.2) is 4.39 Å². The third-order valence-electron chi connectivity index (χ3n) is 4.37. The molecule has 3 aromatic rings. The molecule has 1 atom stereocenters. The lowest BCUT2D eigenvalue weighted by Crippen LogP contribution is -3.05. The molecule has 2 heterocycles. The van der Waals surface area contributed by atoms with Gasteiger partial charge in [0.2, 0.25) is 5.91 Å². The minimum atomic E-state index is -0.299. The molecule has 6 nitrogen and oxygen atoms in total. The fourth-order valence-corrected chi connectivity index (χ4v) is 3.96. The highest BCUT2D eigenvalue weighted by molar-refractivity contribution is 7.99. The van der Waals surface area contributed by atoms with Gasteiger partial charge in [-0.15, -0.1) is 21.5 Å². The number of nitrogens with one attached hydrogen (secondary N) is 2. The topological polar surface area (TPSA) is 64.2 Å². The molecule has 0 aliphatic carbocycles. The Kier molecular flexibility index (Phi) is 6.82. The van der Waals surface area contributed by atoms with E-state index in [-0.39, 0.29) is 23.5 Å². The smallest absolute Gasteiger partial charge is 0.230 e. The van der Waals surface area contributed by atoms with Crippen molar-refractivity contribution >= 4 is 29.0 Å². The van der Waals surface area contributed by atoms with Gasteiger partial charge in [0, 0.05) is 10.6 Å². The number of amides is 1. The Morgan fingerprint density at radius 2 is 2.04 bits per heavy atom. The summed E-state index contributed by atoms with van der Waals surface area (Å²) in [6, 6.07) is 10.2. The monoisotopic (exact) mass is 420 g/mol. The summed E-state index contributed by atoms with van der Waals surface area (Å²) in [5, 5.41) is 14.1. The van der Waals surface area contributed by atoms with Crippen molar-refractivity contribution in [2.75, 3.05) is 19.8 Å². The zero-order valence-corrected chi connectivity index (χ0v) is 17.6. The molecule has 9 heteroatoms. The van der Waals surface area contributed by atoms with Crippen LogP contribution in [0.4, 0.5) is 4.39 Å². The first-order chi connectivity index (χ1) is 13.5. The van der Waals surface area contributed by atoms with Crippen molar-refractivity contribution in [2.24, 2.45) is 0 Å². The molecular weight excluding hydrogens is 397 g/mol. The van der Waals surface area contributed by atoms with E-state index in [0.717, 1.165) is 16.4 Å². The number of carbonyl (C=O) groups is 1. The molecule has 0 radical (unpaired) electrons. The summed E-state index contributed by atoms with van der Waals surface area (Å²) in [7, 11) is 4.08. The Bertz CT molecular complexity index is 909. The van der Waals surface area contributed by atoms with Crippen molar-refractivity contribution in [3.05, 3.63) is 58.3 Å². The number of aromatic nitrogens is 3. The van der Waals surface area contributed by atoms with Crippen LogP contribution < -0.4 is 10.2 Å².